The molecule has 0 atom stereocenters. The maximum Gasteiger partial charge on any atom is 0.261 e. The zero-order valence-corrected chi connectivity index (χ0v) is 16.3. The van der Waals surface area contributed by atoms with Crippen LogP contribution in [0.25, 0.3) is 10.8 Å². The van der Waals surface area contributed by atoms with E-state index in [-0.39, 0.29) is 22.1 Å². The summed E-state index contributed by atoms with van der Waals surface area (Å²) in [4.78, 5) is 12.6. The molecule has 0 fully saturated rings. The highest BCUT2D eigenvalue weighted by Crippen LogP contribution is 2.23. The van der Waals surface area contributed by atoms with Crippen molar-refractivity contribution in [1.29, 1.82) is 0 Å². The van der Waals surface area contributed by atoms with Crippen molar-refractivity contribution in [3.63, 3.8) is 0 Å². The molecule has 0 radical (unpaired) electrons. The van der Waals surface area contributed by atoms with Crippen LogP contribution in [-0.4, -0.2) is 34.6 Å². The number of carbonyl (C=O) groups excluding carboxylic acids is 1. The number of amides is 1. The summed E-state index contributed by atoms with van der Waals surface area (Å²) in [5, 5.41) is 4.55. The van der Waals surface area contributed by atoms with Crippen molar-refractivity contribution >= 4 is 32.4 Å². The number of rotatable bonds is 8. The molecule has 28 heavy (non-hydrogen) atoms. The van der Waals surface area contributed by atoms with E-state index in [2.05, 4.69) is 10.0 Å². The molecule has 6 nitrogen and oxygen atoms in total. The van der Waals surface area contributed by atoms with Crippen molar-refractivity contribution in [1.82, 2.24) is 5.32 Å². The van der Waals surface area contributed by atoms with Crippen LogP contribution < -0.4 is 10.0 Å². The highest BCUT2D eigenvalue weighted by atomic mass is 32.2. The molecule has 146 valence electrons. The van der Waals surface area contributed by atoms with Gasteiger partial charge in [0.2, 0.25) is 0 Å². The molecule has 3 aromatic rings. The molecule has 0 aromatic heterocycles. The van der Waals surface area contributed by atoms with E-state index in [4.69, 9.17) is 4.74 Å². The van der Waals surface area contributed by atoms with Gasteiger partial charge in [-0.25, -0.2) is 8.42 Å². The highest BCUT2D eigenvalue weighted by Gasteiger charge is 2.18. The maximum absolute atomic E-state index is 12.9. The van der Waals surface area contributed by atoms with Crippen LogP contribution in [0.15, 0.2) is 71.6 Å². The van der Waals surface area contributed by atoms with Gasteiger partial charge < -0.3 is 10.1 Å². The largest absolute Gasteiger partial charge is 0.385 e. The fourth-order valence-electron chi connectivity index (χ4n) is 2.82. The Labute approximate surface area is 164 Å². The van der Waals surface area contributed by atoms with Crippen molar-refractivity contribution in [3.8, 4) is 0 Å². The van der Waals surface area contributed by atoms with Gasteiger partial charge in [0, 0.05) is 20.3 Å². The Kier molecular flexibility index (Phi) is 6.28. The van der Waals surface area contributed by atoms with Gasteiger partial charge in [-0.05, 0) is 41.5 Å². The van der Waals surface area contributed by atoms with Gasteiger partial charge >= 0.3 is 0 Å². The van der Waals surface area contributed by atoms with E-state index >= 15 is 0 Å². The fourth-order valence-corrected chi connectivity index (χ4v) is 3.94. The number of benzene rings is 3. The lowest BCUT2D eigenvalue weighted by molar-refractivity contribution is 0.0949. The predicted octanol–water partition coefficient (Wildman–Crippen LogP) is 3.41. The first kappa shape index (κ1) is 19.9. The third-order valence-corrected chi connectivity index (χ3v) is 5.62. The van der Waals surface area contributed by atoms with Gasteiger partial charge in [0.15, 0.2) is 0 Å². The van der Waals surface area contributed by atoms with Gasteiger partial charge in [0.1, 0.15) is 0 Å². The Bertz CT molecular complexity index is 1080. The maximum atomic E-state index is 12.9. The Hall–Kier alpha value is -2.90. The smallest absolute Gasteiger partial charge is 0.261 e. The van der Waals surface area contributed by atoms with E-state index in [0.29, 0.717) is 19.6 Å². The molecular weight excluding hydrogens is 376 g/mol. The first-order valence-corrected chi connectivity index (χ1v) is 10.4. The number of methoxy groups -OCH3 is 1. The minimum atomic E-state index is -3.84. The predicted molar refractivity (Wildman–Crippen MR) is 110 cm³/mol. The normalized spacial score (nSPS) is 11.3. The number of sulfonamides is 1. The van der Waals surface area contributed by atoms with Crippen LogP contribution in [0.4, 0.5) is 5.69 Å². The number of ether oxygens (including phenoxy) is 1. The molecule has 0 aliphatic rings. The van der Waals surface area contributed by atoms with E-state index in [9.17, 15) is 13.2 Å². The number of anilines is 1. The monoisotopic (exact) mass is 398 g/mol. The highest BCUT2D eigenvalue weighted by molar-refractivity contribution is 7.92. The molecule has 2 N–H and O–H groups in total. The Balaban J connectivity index is 1.82. The Morgan fingerprint density at radius 3 is 2.46 bits per heavy atom. The van der Waals surface area contributed by atoms with Gasteiger partial charge in [0.05, 0.1) is 16.1 Å². The molecule has 0 saturated heterocycles. The lowest BCUT2D eigenvalue weighted by atomic mass is 10.1. The minimum Gasteiger partial charge on any atom is -0.385 e. The van der Waals surface area contributed by atoms with E-state index in [1.54, 1.807) is 49.6 Å². The summed E-state index contributed by atoms with van der Waals surface area (Å²) < 4.78 is 33.2. The molecule has 0 bridgehead atoms. The number of carbonyl (C=O) groups is 1. The van der Waals surface area contributed by atoms with Gasteiger partial charge in [0.25, 0.3) is 15.9 Å². The summed E-state index contributed by atoms with van der Waals surface area (Å²) in [5.74, 6) is -0.340. The molecule has 0 aliphatic heterocycles. The van der Waals surface area contributed by atoms with E-state index in [1.165, 1.54) is 0 Å². The molecule has 0 saturated carbocycles. The van der Waals surface area contributed by atoms with E-state index in [0.717, 1.165) is 10.8 Å². The third-order valence-electron chi connectivity index (χ3n) is 4.26. The fraction of sp³-hybridized carbons (Fsp3) is 0.190. The van der Waals surface area contributed by atoms with Crippen LogP contribution in [0.2, 0.25) is 0 Å². The second-order valence-corrected chi connectivity index (χ2v) is 7.94. The van der Waals surface area contributed by atoms with Gasteiger partial charge in [-0.1, -0.05) is 42.5 Å². The number of hydrogen-bond donors (Lipinski definition) is 2. The standard InChI is InChI=1S/C21H22N2O4S/c1-27-14-6-13-22-21(24)19-9-4-5-10-20(19)23-28(25,26)18-12-11-16-7-2-3-8-17(16)15-18/h2-5,7-12,15,23H,6,13-14H2,1H3,(H,22,24). The van der Waals surface area contributed by atoms with Crippen LogP contribution in [0.3, 0.4) is 0 Å². The van der Waals surface area contributed by atoms with Crippen LogP contribution >= 0.6 is 0 Å². The van der Waals surface area contributed by atoms with Crippen molar-refractivity contribution < 1.29 is 17.9 Å². The van der Waals surface area contributed by atoms with Gasteiger partial charge in [-0.15, -0.1) is 0 Å². The molecule has 3 rings (SSSR count). The van der Waals surface area contributed by atoms with Crippen LogP contribution in [0.5, 0.6) is 0 Å². The molecule has 0 spiro atoms. The lowest BCUT2D eigenvalue weighted by Crippen LogP contribution is -2.26. The van der Waals surface area contributed by atoms with Gasteiger partial charge in [-0.3, -0.25) is 9.52 Å². The van der Waals surface area contributed by atoms with E-state index in [1.807, 2.05) is 24.3 Å². The second-order valence-electron chi connectivity index (χ2n) is 6.26. The van der Waals surface area contributed by atoms with Crippen molar-refractivity contribution in [2.75, 3.05) is 25.0 Å². The average Bonchev–Trinajstić information content (AvgIpc) is 2.71. The van der Waals surface area contributed by atoms with Crippen LogP contribution in [0, 0.1) is 0 Å². The van der Waals surface area contributed by atoms with Crippen LogP contribution in [0.1, 0.15) is 16.8 Å². The van der Waals surface area contributed by atoms with Crippen molar-refractivity contribution in [2.45, 2.75) is 11.3 Å². The quantitative estimate of drug-likeness (QED) is 0.570. The summed E-state index contributed by atoms with van der Waals surface area (Å²) in [5.41, 5.74) is 0.504. The molecular formula is C21H22N2O4S. The number of hydrogen-bond acceptors (Lipinski definition) is 4. The van der Waals surface area contributed by atoms with Gasteiger partial charge in [-0.2, -0.15) is 0 Å². The Morgan fingerprint density at radius 2 is 1.68 bits per heavy atom. The SMILES string of the molecule is COCCCNC(=O)c1ccccc1NS(=O)(=O)c1ccc2ccccc2c1. The lowest BCUT2D eigenvalue weighted by Gasteiger charge is -2.13. The van der Waals surface area contributed by atoms with Crippen LogP contribution in [-0.2, 0) is 14.8 Å². The number of fused-ring (bicyclic) bond motifs is 1. The summed E-state index contributed by atoms with van der Waals surface area (Å²) in [6.07, 6.45) is 0.674. The average molecular weight is 398 g/mol. The summed E-state index contributed by atoms with van der Waals surface area (Å²) in [6.45, 7) is 0.981. The molecule has 3 aromatic carbocycles. The molecule has 1 amide bonds. The summed E-state index contributed by atoms with van der Waals surface area (Å²) in [7, 11) is -2.24. The molecule has 0 aliphatic carbocycles. The number of nitrogens with one attached hydrogen (secondary N) is 2. The van der Waals surface area contributed by atoms with E-state index < -0.39 is 10.0 Å². The molecule has 0 heterocycles. The molecule has 7 heteroatoms. The zero-order chi connectivity index (χ0) is 20.0. The topological polar surface area (TPSA) is 84.5 Å². The molecule has 0 unspecified atom stereocenters. The number of para-hydroxylation sites is 1. The summed E-state index contributed by atoms with van der Waals surface area (Å²) >= 11 is 0. The van der Waals surface area contributed by atoms with Crippen molar-refractivity contribution in [2.24, 2.45) is 0 Å². The summed E-state index contributed by atoms with van der Waals surface area (Å²) in [6, 6.07) is 19.0. The minimum absolute atomic E-state index is 0.140. The first-order valence-electron chi connectivity index (χ1n) is 8.89. The first-order chi connectivity index (χ1) is 13.5. The Morgan fingerprint density at radius 1 is 0.964 bits per heavy atom. The zero-order valence-electron chi connectivity index (χ0n) is 15.5. The third kappa shape index (κ3) is 4.68. The van der Waals surface area contributed by atoms with Crippen molar-refractivity contribution in [3.05, 3.63) is 72.3 Å². The second kappa shape index (κ2) is 8.86.